The van der Waals surface area contributed by atoms with Crippen molar-refractivity contribution in [3.05, 3.63) is 58.1 Å². The number of benzene rings is 1. The van der Waals surface area contributed by atoms with E-state index in [9.17, 15) is 4.39 Å². The molecule has 3 aromatic rings. The molecule has 0 radical (unpaired) electrons. The Balaban J connectivity index is 1.74. The molecule has 0 unspecified atom stereocenters. The Morgan fingerprint density at radius 1 is 1.30 bits per heavy atom. The van der Waals surface area contributed by atoms with Crippen molar-refractivity contribution in [1.82, 2.24) is 14.7 Å². The lowest BCUT2D eigenvalue weighted by Gasteiger charge is -2.06. The Morgan fingerprint density at radius 2 is 2.15 bits per heavy atom. The van der Waals surface area contributed by atoms with Gasteiger partial charge in [0.1, 0.15) is 5.82 Å². The van der Waals surface area contributed by atoms with E-state index in [0.717, 1.165) is 22.8 Å². The molecule has 1 aromatic carbocycles. The molecular weight excluding hydrogens is 273 g/mol. The first-order valence-electron chi connectivity index (χ1n) is 6.52. The lowest BCUT2D eigenvalue weighted by molar-refractivity contribution is 0.618. The Hall–Kier alpha value is -1.72. The van der Waals surface area contributed by atoms with E-state index in [1.165, 1.54) is 17.5 Å². The maximum Gasteiger partial charge on any atom is 0.194 e. The molecule has 0 fully saturated rings. The standard InChI is InChI=1S/C15H16FN3S/c1-10-9-20-15-18-11(2)14(19(10)15)8-17-7-12-4-3-5-13(16)6-12/h3-6,9,17H,7-8H2,1-2H3. The molecular formula is C15H16FN3S. The fourth-order valence-electron chi connectivity index (χ4n) is 2.35. The number of imidazole rings is 1. The number of nitrogens with one attached hydrogen (secondary N) is 1. The van der Waals surface area contributed by atoms with Crippen LogP contribution < -0.4 is 5.32 Å². The summed E-state index contributed by atoms with van der Waals surface area (Å²) in [5.74, 6) is -0.194. The van der Waals surface area contributed by atoms with Crippen LogP contribution in [0.1, 0.15) is 22.6 Å². The van der Waals surface area contributed by atoms with Crippen LogP contribution in [0.15, 0.2) is 29.6 Å². The molecule has 5 heteroatoms. The number of thiazole rings is 1. The van der Waals surface area contributed by atoms with Gasteiger partial charge in [0.25, 0.3) is 0 Å². The number of fused-ring (bicyclic) bond motifs is 1. The predicted molar refractivity (Wildman–Crippen MR) is 79.5 cm³/mol. The van der Waals surface area contributed by atoms with Crippen LogP contribution in [-0.4, -0.2) is 9.38 Å². The summed E-state index contributed by atoms with van der Waals surface area (Å²) >= 11 is 1.66. The molecule has 0 atom stereocenters. The Morgan fingerprint density at radius 3 is 2.95 bits per heavy atom. The zero-order valence-corrected chi connectivity index (χ0v) is 12.3. The smallest absolute Gasteiger partial charge is 0.194 e. The minimum Gasteiger partial charge on any atom is -0.307 e. The third kappa shape index (κ3) is 2.46. The molecule has 20 heavy (non-hydrogen) atoms. The second-order valence-corrected chi connectivity index (χ2v) is 5.71. The summed E-state index contributed by atoms with van der Waals surface area (Å²) in [6, 6.07) is 6.67. The molecule has 0 aliphatic heterocycles. The summed E-state index contributed by atoms with van der Waals surface area (Å²) in [4.78, 5) is 5.59. The lowest BCUT2D eigenvalue weighted by atomic mass is 10.2. The van der Waals surface area contributed by atoms with E-state index < -0.39 is 0 Å². The summed E-state index contributed by atoms with van der Waals surface area (Å²) in [5, 5.41) is 5.47. The number of hydrogen-bond donors (Lipinski definition) is 1. The van der Waals surface area contributed by atoms with Gasteiger partial charge in [-0.2, -0.15) is 0 Å². The summed E-state index contributed by atoms with van der Waals surface area (Å²) in [6.07, 6.45) is 0. The summed E-state index contributed by atoms with van der Waals surface area (Å²) in [7, 11) is 0. The molecule has 0 spiro atoms. The van der Waals surface area contributed by atoms with Gasteiger partial charge >= 0.3 is 0 Å². The van der Waals surface area contributed by atoms with Crippen molar-refractivity contribution in [3.8, 4) is 0 Å². The number of halogens is 1. The van der Waals surface area contributed by atoms with E-state index in [-0.39, 0.29) is 5.82 Å². The molecule has 3 nitrogen and oxygen atoms in total. The van der Waals surface area contributed by atoms with Crippen LogP contribution in [0, 0.1) is 19.7 Å². The topological polar surface area (TPSA) is 29.3 Å². The minimum absolute atomic E-state index is 0.194. The van der Waals surface area contributed by atoms with Gasteiger partial charge in [0, 0.05) is 24.2 Å². The molecule has 3 rings (SSSR count). The highest BCUT2D eigenvalue weighted by molar-refractivity contribution is 7.15. The van der Waals surface area contributed by atoms with Crippen LogP contribution in [0.25, 0.3) is 4.96 Å². The number of hydrogen-bond acceptors (Lipinski definition) is 3. The summed E-state index contributed by atoms with van der Waals surface area (Å²) < 4.78 is 15.3. The van der Waals surface area contributed by atoms with Crippen LogP contribution in [0.4, 0.5) is 4.39 Å². The van der Waals surface area contributed by atoms with Crippen LogP contribution in [0.5, 0.6) is 0 Å². The summed E-state index contributed by atoms with van der Waals surface area (Å²) in [6.45, 7) is 5.48. The lowest BCUT2D eigenvalue weighted by Crippen LogP contribution is -2.15. The van der Waals surface area contributed by atoms with Gasteiger partial charge in [-0.3, -0.25) is 4.40 Å². The number of aromatic nitrogens is 2. The van der Waals surface area contributed by atoms with Gasteiger partial charge in [0.15, 0.2) is 4.96 Å². The van der Waals surface area contributed by atoms with E-state index in [2.05, 4.69) is 27.0 Å². The first kappa shape index (κ1) is 13.3. The predicted octanol–water partition coefficient (Wildman–Crippen LogP) is 3.44. The Kier molecular flexibility index (Phi) is 3.54. The van der Waals surface area contributed by atoms with Gasteiger partial charge in [-0.05, 0) is 31.5 Å². The maximum absolute atomic E-state index is 13.1. The second kappa shape index (κ2) is 5.34. The van der Waals surface area contributed by atoms with Crippen molar-refractivity contribution >= 4 is 16.3 Å². The molecule has 0 saturated carbocycles. The number of nitrogens with zero attached hydrogens (tertiary/aromatic N) is 2. The van der Waals surface area contributed by atoms with Gasteiger partial charge < -0.3 is 5.32 Å². The molecule has 104 valence electrons. The van der Waals surface area contributed by atoms with Crippen molar-refractivity contribution < 1.29 is 4.39 Å². The molecule has 2 aromatic heterocycles. The van der Waals surface area contributed by atoms with Crippen LogP contribution in [-0.2, 0) is 13.1 Å². The quantitative estimate of drug-likeness (QED) is 0.797. The van der Waals surface area contributed by atoms with Crippen LogP contribution >= 0.6 is 11.3 Å². The fraction of sp³-hybridized carbons (Fsp3) is 0.267. The fourth-order valence-corrected chi connectivity index (χ4v) is 3.28. The highest BCUT2D eigenvalue weighted by Crippen LogP contribution is 2.20. The molecule has 1 N–H and O–H groups in total. The average Bonchev–Trinajstić information content (AvgIpc) is 2.91. The average molecular weight is 289 g/mol. The van der Waals surface area contributed by atoms with Gasteiger partial charge in [0.2, 0.25) is 0 Å². The molecule has 0 aliphatic carbocycles. The van der Waals surface area contributed by atoms with Crippen LogP contribution in [0.2, 0.25) is 0 Å². The van der Waals surface area contributed by atoms with Crippen molar-refractivity contribution in [1.29, 1.82) is 0 Å². The molecule has 0 bridgehead atoms. The highest BCUT2D eigenvalue weighted by atomic mass is 32.1. The minimum atomic E-state index is -0.194. The molecule has 0 amide bonds. The summed E-state index contributed by atoms with van der Waals surface area (Å²) in [5.41, 5.74) is 4.38. The van der Waals surface area contributed by atoms with Crippen molar-refractivity contribution in [2.75, 3.05) is 0 Å². The third-order valence-corrected chi connectivity index (χ3v) is 4.28. The monoisotopic (exact) mass is 289 g/mol. The zero-order valence-electron chi connectivity index (χ0n) is 11.5. The SMILES string of the molecule is Cc1nc2scc(C)n2c1CNCc1cccc(F)c1. The van der Waals surface area contributed by atoms with E-state index in [1.54, 1.807) is 23.5 Å². The van der Waals surface area contributed by atoms with Crippen molar-refractivity contribution in [2.24, 2.45) is 0 Å². The van der Waals surface area contributed by atoms with Gasteiger partial charge in [-0.1, -0.05) is 12.1 Å². The molecule has 0 aliphatic rings. The van der Waals surface area contributed by atoms with E-state index in [4.69, 9.17) is 0 Å². The number of rotatable bonds is 4. The van der Waals surface area contributed by atoms with Gasteiger partial charge in [-0.25, -0.2) is 9.37 Å². The van der Waals surface area contributed by atoms with E-state index >= 15 is 0 Å². The first-order chi connectivity index (χ1) is 9.65. The van der Waals surface area contributed by atoms with Gasteiger partial charge in [-0.15, -0.1) is 11.3 Å². The molecule has 2 heterocycles. The van der Waals surface area contributed by atoms with Gasteiger partial charge in [0.05, 0.1) is 11.4 Å². The molecule has 0 saturated heterocycles. The van der Waals surface area contributed by atoms with E-state index in [1.807, 2.05) is 13.0 Å². The zero-order chi connectivity index (χ0) is 14.1. The Bertz CT molecular complexity index is 745. The van der Waals surface area contributed by atoms with Crippen LogP contribution in [0.3, 0.4) is 0 Å². The highest BCUT2D eigenvalue weighted by Gasteiger charge is 2.11. The number of aryl methyl sites for hydroxylation is 2. The Labute approximate surface area is 121 Å². The van der Waals surface area contributed by atoms with Crippen molar-refractivity contribution in [2.45, 2.75) is 26.9 Å². The largest absolute Gasteiger partial charge is 0.307 e. The second-order valence-electron chi connectivity index (χ2n) is 4.87. The normalized spacial score (nSPS) is 11.3. The maximum atomic E-state index is 13.1. The third-order valence-electron chi connectivity index (χ3n) is 3.34. The van der Waals surface area contributed by atoms with E-state index in [0.29, 0.717) is 6.54 Å². The first-order valence-corrected chi connectivity index (χ1v) is 7.40. The van der Waals surface area contributed by atoms with Crippen molar-refractivity contribution in [3.63, 3.8) is 0 Å².